The molecule has 0 saturated heterocycles. The van der Waals surface area contributed by atoms with Crippen LogP contribution in [0.3, 0.4) is 0 Å². The van der Waals surface area contributed by atoms with Crippen LogP contribution in [0.15, 0.2) is 59.5 Å². The van der Waals surface area contributed by atoms with E-state index in [9.17, 15) is 4.21 Å². The lowest BCUT2D eigenvalue weighted by Gasteiger charge is -2.24. The van der Waals surface area contributed by atoms with Crippen LogP contribution in [0, 0.1) is 6.92 Å². The number of hydrogen-bond acceptors (Lipinski definition) is 1. The molecule has 2 aromatic carbocycles. The Morgan fingerprint density at radius 3 is 2.00 bits per heavy atom. The minimum absolute atomic E-state index is 0.378. The molecule has 1 atom stereocenters. The molecular weight excluding hydrogens is 240 g/mol. The maximum atomic E-state index is 12.7. The van der Waals surface area contributed by atoms with E-state index in [0.717, 1.165) is 10.5 Å². The molecule has 0 heterocycles. The van der Waals surface area contributed by atoms with Crippen molar-refractivity contribution in [2.75, 3.05) is 0 Å². The minimum Gasteiger partial charge on any atom is -0.253 e. The molecule has 0 aliphatic heterocycles. The molecule has 0 bridgehead atoms. The normalized spacial score (nSPS) is 13.3. The lowest BCUT2D eigenvalue weighted by atomic mass is 10.0. The predicted octanol–water partition coefficient (Wildman–Crippen LogP) is 4.04. The second-order valence-electron chi connectivity index (χ2n) is 4.96. The number of rotatable bonds is 3. The number of aryl methyl sites for hydroxylation is 1. The van der Waals surface area contributed by atoms with E-state index in [2.05, 4.69) is 0 Å². The summed E-state index contributed by atoms with van der Waals surface area (Å²) in [6.45, 7) is 6.09. The SMILES string of the molecule is Cc1ccc(S(=O)C(C)(C)c2ccccc2)cc1. The Labute approximate surface area is 111 Å². The third kappa shape index (κ3) is 2.54. The van der Waals surface area contributed by atoms with Crippen LogP contribution < -0.4 is 0 Å². The summed E-state index contributed by atoms with van der Waals surface area (Å²) in [6.07, 6.45) is 0. The van der Waals surface area contributed by atoms with Gasteiger partial charge in [-0.05, 0) is 38.5 Å². The number of hydrogen-bond donors (Lipinski definition) is 0. The summed E-state index contributed by atoms with van der Waals surface area (Å²) in [5.41, 5.74) is 2.29. The highest BCUT2D eigenvalue weighted by molar-refractivity contribution is 7.86. The van der Waals surface area contributed by atoms with Crippen molar-refractivity contribution in [2.45, 2.75) is 30.4 Å². The molecule has 2 aromatic rings. The van der Waals surface area contributed by atoms with E-state index in [1.54, 1.807) is 0 Å². The van der Waals surface area contributed by atoms with Crippen molar-refractivity contribution < 1.29 is 4.21 Å². The molecule has 0 aliphatic carbocycles. The molecule has 2 rings (SSSR count). The van der Waals surface area contributed by atoms with Crippen LogP contribution in [-0.2, 0) is 15.5 Å². The summed E-state index contributed by atoms with van der Waals surface area (Å²) in [5, 5.41) is 0. The van der Waals surface area contributed by atoms with Crippen molar-refractivity contribution in [1.29, 1.82) is 0 Å². The fraction of sp³-hybridized carbons (Fsp3) is 0.250. The molecule has 94 valence electrons. The first kappa shape index (κ1) is 13.0. The Hall–Kier alpha value is -1.41. The van der Waals surface area contributed by atoms with Gasteiger partial charge in [-0.1, -0.05) is 48.0 Å². The number of benzene rings is 2. The first-order valence-corrected chi connectivity index (χ1v) is 7.21. The van der Waals surface area contributed by atoms with E-state index in [4.69, 9.17) is 0 Å². The van der Waals surface area contributed by atoms with E-state index >= 15 is 0 Å². The van der Waals surface area contributed by atoms with Gasteiger partial charge in [-0.15, -0.1) is 0 Å². The Morgan fingerprint density at radius 2 is 1.44 bits per heavy atom. The minimum atomic E-state index is -1.05. The van der Waals surface area contributed by atoms with Crippen molar-refractivity contribution in [3.8, 4) is 0 Å². The highest BCUT2D eigenvalue weighted by Gasteiger charge is 2.28. The third-order valence-electron chi connectivity index (χ3n) is 3.17. The zero-order chi connectivity index (χ0) is 13.2. The summed E-state index contributed by atoms with van der Waals surface area (Å²) in [6, 6.07) is 18.0. The van der Waals surface area contributed by atoms with Crippen molar-refractivity contribution in [3.63, 3.8) is 0 Å². The highest BCUT2D eigenvalue weighted by Crippen LogP contribution is 2.31. The Balaban J connectivity index is 2.36. The molecule has 18 heavy (non-hydrogen) atoms. The third-order valence-corrected chi connectivity index (χ3v) is 5.03. The molecule has 0 amide bonds. The smallest absolute Gasteiger partial charge is 0.0697 e. The molecule has 0 fully saturated rings. The van der Waals surface area contributed by atoms with Crippen LogP contribution >= 0.6 is 0 Å². The molecule has 2 heteroatoms. The summed E-state index contributed by atoms with van der Waals surface area (Å²) < 4.78 is 12.3. The molecule has 0 radical (unpaired) electrons. The average molecular weight is 258 g/mol. The maximum Gasteiger partial charge on any atom is 0.0697 e. The molecule has 0 aliphatic rings. The van der Waals surface area contributed by atoms with Gasteiger partial charge >= 0.3 is 0 Å². The van der Waals surface area contributed by atoms with Crippen LogP contribution in [0.4, 0.5) is 0 Å². The zero-order valence-electron chi connectivity index (χ0n) is 11.0. The molecular formula is C16H18OS. The van der Waals surface area contributed by atoms with Gasteiger partial charge in [-0.25, -0.2) is 0 Å². The zero-order valence-corrected chi connectivity index (χ0v) is 11.8. The summed E-state index contributed by atoms with van der Waals surface area (Å²) in [7, 11) is -1.05. The van der Waals surface area contributed by atoms with E-state index < -0.39 is 10.8 Å². The van der Waals surface area contributed by atoms with Gasteiger partial charge < -0.3 is 0 Å². The van der Waals surface area contributed by atoms with Crippen molar-refractivity contribution in [3.05, 3.63) is 65.7 Å². The summed E-state index contributed by atoms with van der Waals surface area (Å²) >= 11 is 0. The van der Waals surface area contributed by atoms with E-state index in [1.165, 1.54) is 5.56 Å². The molecule has 0 saturated carbocycles. The van der Waals surface area contributed by atoms with Gasteiger partial charge in [0.05, 0.1) is 15.5 Å². The Morgan fingerprint density at radius 1 is 0.889 bits per heavy atom. The van der Waals surface area contributed by atoms with Crippen LogP contribution in [0.1, 0.15) is 25.0 Å². The second kappa shape index (κ2) is 5.07. The summed E-state index contributed by atoms with van der Waals surface area (Å²) in [5.74, 6) is 0. The highest BCUT2D eigenvalue weighted by atomic mass is 32.2. The first-order chi connectivity index (χ1) is 8.51. The van der Waals surface area contributed by atoms with Gasteiger partial charge in [0.15, 0.2) is 0 Å². The Bertz CT molecular complexity index is 541. The lowest BCUT2D eigenvalue weighted by Crippen LogP contribution is -2.23. The van der Waals surface area contributed by atoms with Crippen LogP contribution in [0.2, 0.25) is 0 Å². The predicted molar refractivity (Wildman–Crippen MR) is 77.1 cm³/mol. The molecule has 0 aromatic heterocycles. The Kier molecular flexibility index (Phi) is 3.67. The van der Waals surface area contributed by atoms with E-state index in [-0.39, 0.29) is 4.75 Å². The van der Waals surface area contributed by atoms with Crippen molar-refractivity contribution in [2.24, 2.45) is 0 Å². The average Bonchev–Trinajstić information content (AvgIpc) is 2.40. The maximum absolute atomic E-state index is 12.7. The molecule has 1 unspecified atom stereocenters. The van der Waals surface area contributed by atoms with E-state index in [0.29, 0.717) is 0 Å². The van der Waals surface area contributed by atoms with Gasteiger partial charge in [0.25, 0.3) is 0 Å². The van der Waals surface area contributed by atoms with Gasteiger partial charge in [0.2, 0.25) is 0 Å². The van der Waals surface area contributed by atoms with Crippen LogP contribution in [-0.4, -0.2) is 4.21 Å². The monoisotopic (exact) mass is 258 g/mol. The molecule has 0 spiro atoms. The quantitative estimate of drug-likeness (QED) is 0.812. The van der Waals surface area contributed by atoms with Gasteiger partial charge in [-0.2, -0.15) is 0 Å². The largest absolute Gasteiger partial charge is 0.253 e. The van der Waals surface area contributed by atoms with Gasteiger partial charge in [0, 0.05) is 4.90 Å². The van der Waals surface area contributed by atoms with Gasteiger partial charge in [-0.3, -0.25) is 4.21 Å². The fourth-order valence-corrected chi connectivity index (χ4v) is 3.23. The molecule has 0 N–H and O–H groups in total. The first-order valence-electron chi connectivity index (χ1n) is 6.06. The van der Waals surface area contributed by atoms with Crippen molar-refractivity contribution >= 4 is 10.8 Å². The van der Waals surface area contributed by atoms with E-state index in [1.807, 2.05) is 75.4 Å². The standard InChI is InChI=1S/C16H18OS/c1-13-9-11-15(12-10-13)18(17)16(2,3)14-7-5-4-6-8-14/h4-12H,1-3H3. The van der Waals surface area contributed by atoms with Crippen LogP contribution in [0.5, 0.6) is 0 Å². The summed E-state index contributed by atoms with van der Waals surface area (Å²) in [4.78, 5) is 0.884. The fourth-order valence-electron chi connectivity index (χ4n) is 1.90. The lowest BCUT2D eigenvalue weighted by molar-refractivity contribution is 0.643. The van der Waals surface area contributed by atoms with Crippen molar-refractivity contribution in [1.82, 2.24) is 0 Å². The van der Waals surface area contributed by atoms with Gasteiger partial charge in [0.1, 0.15) is 0 Å². The molecule has 1 nitrogen and oxygen atoms in total. The second-order valence-corrected chi connectivity index (χ2v) is 6.99. The topological polar surface area (TPSA) is 17.1 Å². The van der Waals surface area contributed by atoms with Crippen LogP contribution in [0.25, 0.3) is 0 Å².